The summed E-state index contributed by atoms with van der Waals surface area (Å²) in [7, 11) is 2.12. The van der Waals surface area contributed by atoms with Crippen molar-refractivity contribution >= 4 is 16.9 Å². The highest BCUT2D eigenvalue weighted by Gasteiger charge is 2.28. The number of carboxylic acid groups (broad SMARTS) is 1. The zero-order chi connectivity index (χ0) is 16.3. The number of aliphatic carboxylic acids is 1. The van der Waals surface area contributed by atoms with Gasteiger partial charge >= 0.3 is 6.18 Å². The van der Waals surface area contributed by atoms with E-state index in [0.29, 0.717) is 0 Å². The van der Waals surface area contributed by atoms with Crippen molar-refractivity contribution in [2.75, 3.05) is 13.1 Å². The molecule has 0 amide bonds. The maximum absolute atomic E-state index is 10.5. The molecule has 0 aliphatic carbocycles. The second kappa shape index (κ2) is 6.35. The standard InChI is InChI=1S/C12H16N3.C2HF3O2/c1-14-9-11-4-2-3-5-12(11)15(14)8-10-6-13-7-10;3-2(4,5)1(6)7/h2-5,9-10,13H,6-8H2,1H3;(H,6,7)/q+1;/p-1. The van der Waals surface area contributed by atoms with Crippen LogP contribution in [0.1, 0.15) is 0 Å². The molecule has 1 fully saturated rings. The van der Waals surface area contributed by atoms with Crippen LogP contribution in [-0.2, 0) is 18.4 Å². The SMILES string of the molecule is C[n+]1cc2ccccc2n1CC1CNC1.O=C([O-])C(F)(F)F. The van der Waals surface area contributed by atoms with E-state index in [4.69, 9.17) is 9.90 Å². The minimum Gasteiger partial charge on any atom is -0.542 e. The number of hydrogen-bond acceptors (Lipinski definition) is 3. The molecule has 1 aliphatic heterocycles. The number of aryl methyl sites for hydroxylation is 1. The number of benzene rings is 1. The van der Waals surface area contributed by atoms with Crippen LogP contribution in [0, 0.1) is 5.92 Å². The Bertz CT molecular complexity index is 663. The molecule has 0 atom stereocenters. The average molecular weight is 315 g/mol. The molecule has 0 saturated carbocycles. The van der Waals surface area contributed by atoms with Crippen LogP contribution in [0.5, 0.6) is 0 Å². The Morgan fingerprint density at radius 2 is 2.00 bits per heavy atom. The molecule has 3 rings (SSSR count). The van der Waals surface area contributed by atoms with E-state index in [2.05, 4.69) is 52.2 Å². The second-order valence-electron chi connectivity index (χ2n) is 5.15. The summed E-state index contributed by atoms with van der Waals surface area (Å²) < 4.78 is 36.1. The molecule has 120 valence electrons. The van der Waals surface area contributed by atoms with Crippen LogP contribution in [-0.4, -0.2) is 29.9 Å². The number of rotatable bonds is 2. The fourth-order valence-corrected chi connectivity index (χ4v) is 2.22. The highest BCUT2D eigenvalue weighted by atomic mass is 19.4. The fourth-order valence-electron chi connectivity index (χ4n) is 2.22. The van der Waals surface area contributed by atoms with Gasteiger partial charge in [-0.15, -0.1) is 4.68 Å². The predicted molar refractivity (Wildman–Crippen MR) is 70.5 cm³/mol. The molecule has 22 heavy (non-hydrogen) atoms. The van der Waals surface area contributed by atoms with Gasteiger partial charge in [-0.3, -0.25) is 0 Å². The number of aromatic nitrogens is 2. The number of nitrogens with zero attached hydrogens (tertiary/aromatic N) is 2. The molecule has 1 saturated heterocycles. The van der Waals surface area contributed by atoms with E-state index in [1.807, 2.05) is 0 Å². The molecule has 1 aromatic carbocycles. The maximum atomic E-state index is 10.5. The van der Waals surface area contributed by atoms with Gasteiger partial charge in [0.15, 0.2) is 7.05 Å². The number of hydrogen-bond donors (Lipinski definition) is 1. The minimum atomic E-state index is -5.19. The Labute approximate surface area is 124 Å². The zero-order valence-corrected chi connectivity index (χ0v) is 11.9. The molecular weight excluding hydrogens is 299 g/mol. The summed E-state index contributed by atoms with van der Waals surface area (Å²) in [4.78, 5) is 8.78. The van der Waals surface area contributed by atoms with E-state index < -0.39 is 12.1 Å². The van der Waals surface area contributed by atoms with Crippen LogP contribution in [0.3, 0.4) is 0 Å². The van der Waals surface area contributed by atoms with Crippen LogP contribution in [0.25, 0.3) is 10.9 Å². The predicted octanol–water partition coefficient (Wildman–Crippen LogP) is -0.0162. The van der Waals surface area contributed by atoms with Gasteiger partial charge in [-0.25, -0.2) is 0 Å². The molecule has 2 aromatic rings. The number of para-hydroxylation sites is 1. The Kier molecular flexibility index (Phi) is 4.70. The number of carbonyl (C=O) groups is 1. The number of alkyl halides is 3. The van der Waals surface area contributed by atoms with E-state index in [9.17, 15) is 13.2 Å². The number of halogens is 3. The van der Waals surface area contributed by atoms with Gasteiger partial charge in [0, 0.05) is 19.0 Å². The summed E-state index contributed by atoms with van der Waals surface area (Å²) in [5.41, 5.74) is 1.34. The summed E-state index contributed by atoms with van der Waals surface area (Å²) >= 11 is 0. The summed E-state index contributed by atoms with van der Waals surface area (Å²) in [6.07, 6.45) is -3.00. The van der Waals surface area contributed by atoms with Crippen LogP contribution in [0.4, 0.5) is 13.2 Å². The third kappa shape index (κ3) is 3.76. The quantitative estimate of drug-likeness (QED) is 0.793. The molecule has 0 radical (unpaired) electrons. The molecule has 0 bridgehead atoms. The van der Waals surface area contributed by atoms with Gasteiger partial charge in [-0.1, -0.05) is 12.1 Å². The van der Waals surface area contributed by atoms with Crippen molar-refractivity contribution < 1.29 is 27.8 Å². The minimum absolute atomic E-state index is 0.798. The maximum Gasteiger partial charge on any atom is 0.430 e. The number of nitrogens with one attached hydrogen (secondary N) is 1. The first-order valence-electron chi connectivity index (χ1n) is 6.72. The molecule has 2 heterocycles. The third-order valence-corrected chi connectivity index (χ3v) is 3.45. The Morgan fingerprint density at radius 1 is 1.41 bits per heavy atom. The topological polar surface area (TPSA) is 61.0 Å². The molecular formula is C14H16F3N3O2. The van der Waals surface area contributed by atoms with Crippen LogP contribution >= 0.6 is 0 Å². The normalized spacial score (nSPS) is 15.1. The van der Waals surface area contributed by atoms with Crippen molar-refractivity contribution in [1.29, 1.82) is 0 Å². The van der Waals surface area contributed by atoms with Crippen molar-refractivity contribution in [3.05, 3.63) is 30.5 Å². The number of carboxylic acids is 1. The van der Waals surface area contributed by atoms with Gasteiger partial charge in [-0.2, -0.15) is 17.9 Å². The van der Waals surface area contributed by atoms with E-state index in [1.165, 1.54) is 10.9 Å². The number of carbonyl (C=O) groups excluding carboxylic acids is 1. The lowest BCUT2D eigenvalue weighted by molar-refractivity contribution is -0.751. The Morgan fingerprint density at radius 3 is 2.50 bits per heavy atom. The molecule has 0 unspecified atom stereocenters. The largest absolute Gasteiger partial charge is 0.542 e. The monoisotopic (exact) mass is 315 g/mol. The lowest BCUT2D eigenvalue weighted by atomic mass is 10.0. The first-order chi connectivity index (χ1) is 10.3. The van der Waals surface area contributed by atoms with Crippen LogP contribution in [0.2, 0.25) is 0 Å². The molecule has 8 heteroatoms. The van der Waals surface area contributed by atoms with E-state index in [1.54, 1.807) is 0 Å². The summed E-state index contributed by atoms with van der Waals surface area (Å²) in [5, 5.41) is 13.4. The van der Waals surface area contributed by atoms with Gasteiger partial charge < -0.3 is 15.2 Å². The Balaban J connectivity index is 0.000000217. The molecule has 1 N–H and O–H groups in total. The third-order valence-electron chi connectivity index (χ3n) is 3.45. The summed E-state index contributed by atoms with van der Waals surface area (Å²) in [5.74, 6) is -2.21. The second-order valence-corrected chi connectivity index (χ2v) is 5.15. The lowest BCUT2D eigenvalue weighted by Crippen LogP contribution is -2.48. The van der Waals surface area contributed by atoms with Gasteiger partial charge in [0.2, 0.25) is 6.20 Å². The van der Waals surface area contributed by atoms with Gasteiger partial charge in [0.25, 0.3) is 0 Å². The fraction of sp³-hybridized carbons (Fsp3) is 0.429. The average Bonchev–Trinajstić information content (AvgIpc) is 2.69. The van der Waals surface area contributed by atoms with Crippen molar-refractivity contribution in [3.8, 4) is 0 Å². The van der Waals surface area contributed by atoms with E-state index in [0.717, 1.165) is 25.6 Å². The first kappa shape index (κ1) is 16.3. The first-order valence-corrected chi connectivity index (χ1v) is 6.72. The number of fused-ring (bicyclic) bond motifs is 1. The Hall–Kier alpha value is -2.09. The molecule has 5 nitrogen and oxygen atoms in total. The molecule has 0 spiro atoms. The van der Waals surface area contributed by atoms with Crippen LogP contribution < -0.4 is 15.1 Å². The van der Waals surface area contributed by atoms with Crippen molar-refractivity contribution in [2.24, 2.45) is 13.0 Å². The summed E-state index contributed by atoms with van der Waals surface area (Å²) in [6, 6.07) is 8.57. The lowest BCUT2D eigenvalue weighted by Gasteiger charge is -2.26. The highest BCUT2D eigenvalue weighted by Crippen LogP contribution is 2.14. The smallest absolute Gasteiger partial charge is 0.430 e. The summed E-state index contributed by atoms with van der Waals surface area (Å²) in [6.45, 7) is 3.44. The zero-order valence-electron chi connectivity index (χ0n) is 11.9. The van der Waals surface area contributed by atoms with E-state index in [-0.39, 0.29) is 0 Å². The van der Waals surface area contributed by atoms with Gasteiger partial charge in [-0.05, 0) is 12.1 Å². The van der Waals surface area contributed by atoms with Crippen molar-refractivity contribution in [2.45, 2.75) is 12.7 Å². The van der Waals surface area contributed by atoms with Gasteiger partial charge in [0.05, 0.1) is 11.9 Å². The van der Waals surface area contributed by atoms with E-state index >= 15 is 0 Å². The van der Waals surface area contributed by atoms with Crippen molar-refractivity contribution in [3.63, 3.8) is 0 Å². The van der Waals surface area contributed by atoms with Gasteiger partial charge in [0.1, 0.15) is 11.5 Å². The molecule has 1 aliphatic rings. The highest BCUT2D eigenvalue weighted by molar-refractivity contribution is 5.77. The van der Waals surface area contributed by atoms with Crippen molar-refractivity contribution in [1.82, 2.24) is 10.00 Å². The van der Waals surface area contributed by atoms with Crippen LogP contribution in [0.15, 0.2) is 30.5 Å². The molecule has 1 aromatic heterocycles.